The maximum absolute atomic E-state index is 11.3. The molecule has 2 aromatic rings. The summed E-state index contributed by atoms with van der Waals surface area (Å²) in [4.78, 5) is 14.2. The minimum atomic E-state index is -0.0244. The smallest absolute Gasteiger partial charge is 0.248 e. The Kier molecular flexibility index (Phi) is 1.92. The molecule has 1 aromatic carbocycles. The first-order chi connectivity index (χ1) is 6.59. The van der Waals surface area contributed by atoms with Crippen LogP contribution in [0.15, 0.2) is 23.0 Å². The van der Waals surface area contributed by atoms with E-state index in [9.17, 15) is 4.79 Å². The number of H-pyrrole nitrogens is 1. The van der Waals surface area contributed by atoms with Gasteiger partial charge in [0.05, 0.1) is 5.52 Å². The molecule has 2 nitrogen and oxygen atoms in total. The Morgan fingerprint density at radius 3 is 2.50 bits per heavy atom. The predicted octanol–water partition coefficient (Wildman–Crippen LogP) is 2.45. The van der Waals surface area contributed by atoms with Crippen molar-refractivity contribution in [2.45, 2.75) is 20.8 Å². The van der Waals surface area contributed by atoms with Gasteiger partial charge in [0.25, 0.3) is 0 Å². The van der Waals surface area contributed by atoms with Gasteiger partial charge in [-0.05, 0) is 37.5 Å². The van der Waals surface area contributed by atoms with Crippen molar-refractivity contribution in [3.63, 3.8) is 0 Å². The Hall–Kier alpha value is -1.57. The maximum atomic E-state index is 11.3. The molecule has 1 heterocycles. The number of benzene rings is 1. The third kappa shape index (κ3) is 1.23. The van der Waals surface area contributed by atoms with Gasteiger partial charge in [0.15, 0.2) is 0 Å². The summed E-state index contributed by atoms with van der Waals surface area (Å²) in [5.74, 6) is 0. The molecule has 0 aliphatic carbocycles. The van der Waals surface area contributed by atoms with Crippen molar-refractivity contribution in [3.8, 4) is 0 Å². The van der Waals surface area contributed by atoms with E-state index in [1.165, 1.54) is 5.56 Å². The molecular formula is C12H13NO. The number of hydrogen-bond acceptors (Lipinski definition) is 1. The average Bonchev–Trinajstić information content (AvgIpc) is 2.12. The maximum Gasteiger partial charge on any atom is 0.248 e. The number of pyridine rings is 1. The second kappa shape index (κ2) is 2.98. The summed E-state index contributed by atoms with van der Waals surface area (Å²) < 4.78 is 0. The van der Waals surface area contributed by atoms with Gasteiger partial charge in [0, 0.05) is 11.5 Å². The van der Waals surface area contributed by atoms with Crippen molar-refractivity contribution in [2.75, 3.05) is 0 Å². The van der Waals surface area contributed by atoms with Crippen LogP contribution in [0.3, 0.4) is 0 Å². The number of fused-ring (bicyclic) bond motifs is 1. The monoisotopic (exact) mass is 187 g/mol. The van der Waals surface area contributed by atoms with Crippen LogP contribution in [0.25, 0.3) is 10.9 Å². The molecule has 0 amide bonds. The number of aromatic amines is 1. The molecule has 0 saturated heterocycles. The molecule has 0 unspecified atom stereocenters. The molecule has 0 aliphatic heterocycles. The average molecular weight is 187 g/mol. The lowest BCUT2D eigenvalue weighted by Gasteiger charge is -2.06. The van der Waals surface area contributed by atoms with Crippen LogP contribution < -0.4 is 5.56 Å². The summed E-state index contributed by atoms with van der Waals surface area (Å²) in [6.07, 6.45) is 0. The predicted molar refractivity (Wildman–Crippen MR) is 58.8 cm³/mol. The van der Waals surface area contributed by atoms with Gasteiger partial charge in [-0.2, -0.15) is 0 Å². The number of aromatic nitrogens is 1. The van der Waals surface area contributed by atoms with E-state index in [1.54, 1.807) is 6.07 Å². The van der Waals surface area contributed by atoms with E-state index in [2.05, 4.69) is 24.0 Å². The van der Waals surface area contributed by atoms with Gasteiger partial charge in [-0.25, -0.2) is 0 Å². The minimum absolute atomic E-state index is 0.0244. The van der Waals surface area contributed by atoms with Crippen molar-refractivity contribution in [3.05, 3.63) is 45.2 Å². The first-order valence-corrected chi connectivity index (χ1v) is 4.69. The van der Waals surface area contributed by atoms with E-state index in [0.717, 1.165) is 22.0 Å². The molecule has 1 aromatic heterocycles. The quantitative estimate of drug-likeness (QED) is 0.675. The summed E-state index contributed by atoms with van der Waals surface area (Å²) in [7, 11) is 0. The zero-order chi connectivity index (χ0) is 10.3. The van der Waals surface area contributed by atoms with E-state index in [4.69, 9.17) is 0 Å². The summed E-state index contributed by atoms with van der Waals surface area (Å²) in [5.41, 5.74) is 4.34. The molecule has 0 spiro atoms. The summed E-state index contributed by atoms with van der Waals surface area (Å²) in [6, 6.07) is 5.78. The Morgan fingerprint density at radius 2 is 1.79 bits per heavy atom. The van der Waals surface area contributed by atoms with Crippen LogP contribution in [0.4, 0.5) is 0 Å². The number of aryl methyl sites for hydroxylation is 3. The van der Waals surface area contributed by atoms with Gasteiger partial charge in [-0.15, -0.1) is 0 Å². The van der Waals surface area contributed by atoms with Crippen LogP contribution in [0.1, 0.15) is 16.7 Å². The Labute approximate surface area is 82.6 Å². The lowest BCUT2D eigenvalue weighted by atomic mass is 10.0. The molecule has 1 N–H and O–H groups in total. The standard InChI is InChI=1S/C12H13NO/c1-7-4-5-10-8(2)6-11(14)13-12(10)9(7)3/h4-6H,1-3H3,(H,13,14). The summed E-state index contributed by atoms with van der Waals surface area (Å²) in [5, 5.41) is 1.13. The van der Waals surface area contributed by atoms with Gasteiger partial charge < -0.3 is 4.98 Å². The molecule has 14 heavy (non-hydrogen) atoms. The highest BCUT2D eigenvalue weighted by Gasteiger charge is 2.03. The SMILES string of the molecule is Cc1ccc2c(C)cc(=O)[nH]c2c1C. The van der Waals surface area contributed by atoms with E-state index < -0.39 is 0 Å². The molecule has 0 aliphatic rings. The molecule has 0 saturated carbocycles. The fraction of sp³-hybridized carbons (Fsp3) is 0.250. The van der Waals surface area contributed by atoms with E-state index >= 15 is 0 Å². The van der Waals surface area contributed by atoms with Crippen molar-refractivity contribution < 1.29 is 0 Å². The van der Waals surface area contributed by atoms with Crippen LogP contribution in [-0.4, -0.2) is 4.98 Å². The van der Waals surface area contributed by atoms with Crippen LogP contribution in [0, 0.1) is 20.8 Å². The lowest BCUT2D eigenvalue weighted by molar-refractivity contribution is 1.24. The van der Waals surface area contributed by atoms with Crippen LogP contribution in [0.5, 0.6) is 0 Å². The van der Waals surface area contributed by atoms with Crippen molar-refractivity contribution >= 4 is 10.9 Å². The largest absolute Gasteiger partial charge is 0.322 e. The lowest BCUT2D eigenvalue weighted by Crippen LogP contribution is -2.06. The number of nitrogens with one attached hydrogen (secondary N) is 1. The first kappa shape index (κ1) is 9.00. The third-order valence-corrected chi connectivity index (χ3v) is 2.76. The Bertz CT molecular complexity index is 552. The topological polar surface area (TPSA) is 32.9 Å². The highest BCUT2D eigenvalue weighted by molar-refractivity contribution is 5.85. The zero-order valence-electron chi connectivity index (χ0n) is 8.64. The number of hydrogen-bond donors (Lipinski definition) is 1. The highest BCUT2D eigenvalue weighted by atomic mass is 16.1. The highest BCUT2D eigenvalue weighted by Crippen LogP contribution is 2.20. The minimum Gasteiger partial charge on any atom is -0.322 e. The Balaban J connectivity index is 3.02. The van der Waals surface area contributed by atoms with Crippen LogP contribution in [-0.2, 0) is 0 Å². The second-order valence-electron chi connectivity index (χ2n) is 3.75. The van der Waals surface area contributed by atoms with Gasteiger partial charge in [0.1, 0.15) is 0 Å². The molecular weight excluding hydrogens is 174 g/mol. The van der Waals surface area contributed by atoms with Crippen molar-refractivity contribution in [1.82, 2.24) is 4.98 Å². The molecule has 2 heteroatoms. The third-order valence-electron chi connectivity index (χ3n) is 2.76. The van der Waals surface area contributed by atoms with Gasteiger partial charge in [-0.1, -0.05) is 12.1 Å². The first-order valence-electron chi connectivity index (χ1n) is 4.69. The van der Waals surface area contributed by atoms with Crippen molar-refractivity contribution in [2.24, 2.45) is 0 Å². The molecule has 0 fully saturated rings. The molecule has 0 radical (unpaired) electrons. The fourth-order valence-electron chi connectivity index (χ4n) is 1.74. The van der Waals surface area contributed by atoms with Gasteiger partial charge >= 0.3 is 0 Å². The fourth-order valence-corrected chi connectivity index (χ4v) is 1.74. The molecule has 2 rings (SSSR count). The van der Waals surface area contributed by atoms with Gasteiger partial charge in [0.2, 0.25) is 5.56 Å². The van der Waals surface area contributed by atoms with Gasteiger partial charge in [-0.3, -0.25) is 4.79 Å². The summed E-state index contributed by atoms with van der Waals surface area (Å²) >= 11 is 0. The molecule has 0 atom stereocenters. The van der Waals surface area contributed by atoms with Crippen molar-refractivity contribution in [1.29, 1.82) is 0 Å². The number of rotatable bonds is 0. The van der Waals surface area contributed by atoms with E-state index in [0.29, 0.717) is 0 Å². The second-order valence-corrected chi connectivity index (χ2v) is 3.75. The Morgan fingerprint density at radius 1 is 1.07 bits per heavy atom. The normalized spacial score (nSPS) is 10.8. The van der Waals surface area contributed by atoms with Crippen LogP contribution >= 0.6 is 0 Å². The molecule has 0 bridgehead atoms. The summed E-state index contributed by atoms with van der Waals surface area (Å²) in [6.45, 7) is 6.05. The van der Waals surface area contributed by atoms with E-state index in [1.807, 2.05) is 13.8 Å². The molecule has 72 valence electrons. The zero-order valence-corrected chi connectivity index (χ0v) is 8.64. The van der Waals surface area contributed by atoms with Crippen LogP contribution in [0.2, 0.25) is 0 Å². The van der Waals surface area contributed by atoms with E-state index in [-0.39, 0.29) is 5.56 Å².